The van der Waals surface area contributed by atoms with Crippen LogP contribution in [0, 0.1) is 0 Å². The molecule has 0 aliphatic heterocycles. The molecule has 0 aromatic carbocycles. The summed E-state index contributed by atoms with van der Waals surface area (Å²) in [6.07, 6.45) is 36.1. The summed E-state index contributed by atoms with van der Waals surface area (Å²) in [5, 5.41) is 19.6. The number of hydrogen-bond donors (Lipinski definition) is 4. The van der Waals surface area contributed by atoms with Gasteiger partial charge < -0.3 is 21.7 Å². The maximum absolute atomic E-state index is 10.6. The molecule has 0 radical (unpaired) electrons. The average Bonchev–Trinajstić information content (AvgIpc) is 3.00. The van der Waals surface area contributed by atoms with Gasteiger partial charge in [-0.2, -0.15) is 0 Å². The second-order valence-corrected chi connectivity index (χ2v) is 12.0. The Hall–Kier alpha value is -1.92. The lowest BCUT2D eigenvalue weighted by Gasteiger charge is -2.07. The summed E-state index contributed by atoms with van der Waals surface area (Å²) in [5.41, 5.74) is 10.2. The number of unbranched alkanes of at least 4 members (excludes halogenated alkanes) is 16. The second kappa shape index (κ2) is 41.1. The lowest BCUT2D eigenvalue weighted by atomic mass is 10.1. The molecule has 6 N–H and O–H groups in total. The standard InChI is InChI=1S/2C18H35NO2.C2H4/c2*1-2-3-4-11-14-17(20)15-12-9-7-5-6-8-10-13-16-18(19)21;1-2/h2*9,12,17,20H,2-8,10-11,13-16H2,1H3,(H2,19,21);1-2H2/b2*12-9-;. The third kappa shape index (κ3) is 47.0. The number of carbonyl (C=O) groups is 2. The Bertz CT molecular complexity index is 597. The average molecular weight is 623 g/mol. The zero-order chi connectivity index (χ0) is 33.5. The molecular weight excluding hydrogens is 548 g/mol. The van der Waals surface area contributed by atoms with Crippen LogP contribution in [0.2, 0.25) is 0 Å². The van der Waals surface area contributed by atoms with Crippen molar-refractivity contribution in [2.24, 2.45) is 11.5 Å². The summed E-state index contributed by atoms with van der Waals surface area (Å²) < 4.78 is 0. The molecule has 260 valence electrons. The minimum absolute atomic E-state index is 0.160. The fraction of sp³-hybridized carbons (Fsp3) is 0.789. The molecule has 0 fully saturated rings. The van der Waals surface area contributed by atoms with Gasteiger partial charge in [0.25, 0.3) is 0 Å². The second-order valence-electron chi connectivity index (χ2n) is 12.0. The van der Waals surface area contributed by atoms with Crippen LogP contribution < -0.4 is 11.5 Å². The highest BCUT2D eigenvalue weighted by Crippen LogP contribution is 2.12. The van der Waals surface area contributed by atoms with Crippen LogP contribution >= 0.6 is 0 Å². The van der Waals surface area contributed by atoms with E-state index in [1.54, 1.807) is 0 Å². The SMILES string of the molecule is C=C.CCCCCCC(O)C/C=C\CCCCCCCC(N)=O.CCCCCCC(O)C/C=C\CCCCCCCC(N)=O. The quantitative estimate of drug-likeness (QED) is 0.0470. The van der Waals surface area contributed by atoms with Crippen LogP contribution in [0.1, 0.15) is 181 Å². The number of carbonyl (C=O) groups excluding carboxylic acids is 2. The van der Waals surface area contributed by atoms with Gasteiger partial charge in [0.1, 0.15) is 0 Å². The van der Waals surface area contributed by atoms with Gasteiger partial charge in [-0.15, -0.1) is 13.2 Å². The van der Waals surface area contributed by atoms with Gasteiger partial charge in [-0.25, -0.2) is 0 Å². The van der Waals surface area contributed by atoms with Crippen LogP contribution in [0.5, 0.6) is 0 Å². The molecular formula is C38H74N2O4. The van der Waals surface area contributed by atoms with Crippen LogP contribution in [0.3, 0.4) is 0 Å². The summed E-state index contributed by atoms with van der Waals surface area (Å²) in [5.74, 6) is -0.377. The van der Waals surface area contributed by atoms with Crippen molar-refractivity contribution in [1.29, 1.82) is 0 Å². The first-order chi connectivity index (χ1) is 21.3. The molecule has 0 aliphatic carbocycles. The van der Waals surface area contributed by atoms with E-state index in [-0.39, 0.29) is 24.0 Å². The molecule has 0 aliphatic rings. The number of nitrogens with two attached hydrogens (primary N) is 2. The van der Waals surface area contributed by atoms with Gasteiger partial charge in [0.15, 0.2) is 0 Å². The van der Waals surface area contributed by atoms with Crippen LogP contribution in [-0.4, -0.2) is 34.2 Å². The Morgan fingerprint density at radius 2 is 0.841 bits per heavy atom. The predicted molar refractivity (Wildman–Crippen MR) is 191 cm³/mol. The fourth-order valence-electron chi connectivity index (χ4n) is 4.77. The van der Waals surface area contributed by atoms with E-state index in [0.717, 1.165) is 77.0 Å². The maximum atomic E-state index is 10.6. The van der Waals surface area contributed by atoms with Crippen molar-refractivity contribution >= 4 is 11.8 Å². The number of hydrogen-bond acceptors (Lipinski definition) is 4. The van der Waals surface area contributed by atoms with Crippen molar-refractivity contribution in [2.45, 2.75) is 193 Å². The van der Waals surface area contributed by atoms with E-state index in [0.29, 0.717) is 12.8 Å². The van der Waals surface area contributed by atoms with Crippen molar-refractivity contribution < 1.29 is 19.8 Å². The van der Waals surface area contributed by atoms with Crippen LogP contribution in [0.4, 0.5) is 0 Å². The van der Waals surface area contributed by atoms with Gasteiger partial charge in [-0.3, -0.25) is 9.59 Å². The predicted octanol–water partition coefficient (Wildman–Crippen LogP) is 9.76. The Morgan fingerprint density at radius 1 is 0.523 bits per heavy atom. The fourth-order valence-corrected chi connectivity index (χ4v) is 4.77. The van der Waals surface area contributed by atoms with Gasteiger partial charge in [-0.05, 0) is 64.2 Å². The third-order valence-corrected chi connectivity index (χ3v) is 7.52. The zero-order valence-electron chi connectivity index (χ0n) is 29.1. The van der Waals surface area contributed by atoms with E-state index >= 15 is 0 Å². The molecule has 0 saturated heterocycles. The molecule has 0 aromatic rings. The molecule has 2 amide bonds. The molecule has 0 aromatic heterocycles. The summed E-state index contributed by atoms with van der Waals surface area (Å²) >= 11 is 0. The van der Waals surface area contributed by atoms with Crippen molar-refractivity contribution in [2.75, 3.05) is 0 Å². The van der Waals surface area contributed by atoms with Gasteiger partial charge in [0.2, 0.25) is 11.8 Å². The van der Waals surface area contributed by atoms with E-state index < -0.39 is 0 Å². The largest absolute Gasteiger partial charge is 0.393 e. The molecule has 2 unspecified atom stereocenters. The van der Waals surface area contributed by atoms with E-state index in [1.165, 1.54) is 77.0 Å². The van der Waals surface area contributed by atoms with Gasteiger partial charge in [0, 0.05) is 12.8 Å². The maximum Gasteiger partial charge on any atom is 0.217 e. The minimum Gasteiger partial charge on any atom is -0.393 e. The number of amides is 2. The number of primary amides is 2. The summed E-state index contributed by atoms with van der Waals surface area (Å²) in [7, 11) is 0. The van der Waals surface area contributed by atoms with Crippen LogP contribution in [-0.2, 0) is 9.59 Å². The normalized spacial score (nSPS) is 12.4. The van der Waals surface area contributed by atoms with Crippen molar-refractivity contribution in [3.05, 3.63) is 37.5 Å². The van der Waals surface area contributed by atoms with Gasteiger partial charge >= 0.3 is 0 Å². The van der Waals surface area contributed by atoms with E-state index in [9.17, 15) is 19.8 Å². The highest BCUT2D eigenvalue weighted by Gasteiger charge is 2.02. The number of allylic oxidation sites excluding steroid dienone is 2. The van der Waals surface area contributed by atoms with E-state index in [4.69, 9.17) is 11.5 Å². The van der Waals surface area contributed by atoms with Crippen LogP contribution in [0.25, 0.3) is 0 Å². The summed E-state index contributed by atoms with van der Waals surface area (Å²) in [6, 6.07) is 0. The third-order valence-electron chi connectivity index (χ3n) is 7.52. The highest BCUT2D eigenvalue weighted by molar-refractivity contribution is 5.73. The number of rotatable bonds is 30. The van der Waals surface area contributed by atoms with E-state index in [2.05, 4.69) is 51.3 Å². The van der Waals surface area contributed by atoms with E-state index in [1.807, 2.05) is 0 Å². The molecule has 6 heteroatoms. The molecule has 0 bridgehead atoms. The minimum atomic E-state index is -0.189. The monoisotopic (exact) mass is 623 g/mol. The molecule has 0 rings (SSSR count). The first-order valence-electron chi connectivity index (χ1n) is 18.1. The number of aliphatic hydroxyl groups is 2. The van der Waals surface area contributed by atoms with Crippen molar-refractivity contribution in [1.82, 2.24) is 0 Å². The van der Waals surface area contributed by atoms with Crippen molar-refractivity contribution in [3.63, 3.8) is 0 Å². The van der Waals surface area contributed by atoms with Crippen molar-refractivity contribution in [3.8, 4) is 0 Å². The Morgan fingerprint density at radius 3 is 1.18 bits per heavy atom. The molecule has 0 saturated carbocycles. The van der Waals surface area contributed by atoms with Crippen LogP contribution in [0.15, 0.2) is 37.5 Å². The lowest BCUT2D eigenvalue weighted by Crippen LogP contribution is -2.09. The molecule has 0 spiro atoms. The number of aliphatic hydroxyl groups excluding tert-OH is 2. The summed E-state index contributed by atoms with van der Waals surface area (Å²) in [6.45, 7) is 10.4. The molecule has 44 heavy (non-hydrogen) atoms. The first kappa shape index (κ1) is 46.5. The Kier molecular flexibility index (Phi) is 43.4. The smallest absolute Gasteiger partial charge is 0.217 e. The molecule has 6 nitrogen and oxygen atoms in total. The zero-order valence-corrected chi connectivity index (χ0v) is 29.1. The van der Waals surface area contributed by atoms with Gasteiger partial charge in [0.05, 0.1) is 12.2 Å². The highest BCUT2D eigenvalue weighted by atomic mass is 16.3. The topological polar surface area (TPSA) is 127 Å². The molecule has 0 heterocycles. The Labute approximate surface area is 273 Å². The summed E-state index contributed by atoms with van der Waals surface area (Å²) in [4.78, 5) is 21.1. The van der Waals surface area contributed by atoms with Gasteiger partial charge in [-0.1, -0.05) is 128 Å². The first-order valence-corrected chi connectivity index (χ1v) is 18.1. The Balaban J connectivity index is -0.000000723. The molecule has 2 atom stereocenters. The lowest BCUT2D eigenvalue weighted by molar-refractivity contribution is -0.119.